The normalized spacial score (nSPS) is 15.2. The Morgan fingerprint density at radius 1 is 1.24 bits per heavy atom. The topological polar surface area (TPSA) is 75.7 Å². The van der Waals surface area contributed by atoms with Crippen molar-refractivity contribution in [3.63, 3.8) is 0 Å². The predicted molar refractivity (Wildman–Crippen MR) is 63.2 cm³/mol. The lowest BCUT2D eigenvalue weighted by atomic mass is 10.1. The van der Waals surface area contributed by atoms with Gasteiger partial charge in [-0.2, -0.15) is 5.48 Å². The van der Waals surface area contributed by atoms with Crippen LogP contribution in [-0.4, -0.2) is 40.9 Å². The number of likely N-dealkylation sites (tertiary alicyclic amines) is 1. The minimum Gasteiger partial charge on any atom is -0.321 e. The quantitative estimate of drug-likeness (QED) is 0.747. The van der Waals surface area contributed by atoms with Gasteiger partial charge in [0.25, 0.3) is 5.91 Å². The molecule has 0 bridgehead atoms. The molecule has 0 aliphatic carbocycles. The van der Waals surface area contributed by atoms with Crippen molar-refractivity contribution < 1.29 is 19.2 Å². The molecule has 1 saturated heterocycles. The van der Waals surface area contributed by atoms with Crippen molar-refractivity contribution >= 4 is 28.9 Å². The summed E-state index contributed by atoms with van der Waals surface area (Å²) in [6.07, 6.45) is 2.50. The minimum absolute atomic E-state index is 0.0391. The van der Waals surface area contributed by atoms with E-state index in [1.54, 1.807) is 4.90 Å². The second-order valence-electron chi connectivity index (χ2n) is 3.72. The van der Waals surface area contributed by atoms with Gasteiger partial charge in [0.05, 0.1) is 5.75 Å². The molecule has 0 saturated carbocycles. The Labute approximate surface area is 104 Å². The van der Waals surface area contributed by atoms with Crippen LogP contribution in [0.15, 0.2) is 0 Å². The summed E-state index contributed by atoms with van der Waals surface area (Å²) in [5, 5.41) is -0.150. The van der Waals surface area contributed by atoms with Gasteiger partial charge in [-0.05, 0) is 19.3 Å². The first-order valence-electron chi connectivity index (χ1n) is 5.47. The average molecular weight is 260 g/mol. The summed E-state index contributed by atoms with van der Waals surface area (Å²) in [5.41, 5.74) is 2.03. The highest BCUT2D eigenvalue weighted by molar-refractivity contribution is 8.14. The van der Waals surface area contributed by atoms with Crippen LogP contribution in [-0.2, 0) is 14.4 Å². The lowest BCUT2D eigenvalue weighted by Crippen LogP contribution is -2.40. The van der Waals surface area contributed by atoms with E-state index in [0.717, 1.165) is 31.0 Å². The summed E-state index contributed by atoms with van der Waals surface area (Å²) in [4.78, 5) is 39.4. The largest absolute Gasteiger partial charge is 0.434 e. The van der Waals surface area contributed by atoms with Gasteiger partial charge in [0.1, 0.15) is 0 Å². The zero-order valence-corrected chi connectivity index (χ0v) is 10.5. The third-order valence-corrected chi connectivity index (χ3v) is 3.09. The van der Waals surface area contributed by atoms with Crippen LogP contribution < -0.4 is 5.48 Å². The molecule has 1 N–H and O–H groups in total. The van der Waals surface area contributed by atoms with Crippen LogP contribution in [0, 0.1) is 0 Å². The molecule has 0 radical (unpaired) electrons. The number of amides is 2. The summed E-state index contributed by atoms with van der Waals surface area (Å²) in [7, 11) is 0. The van der Waals surface area contributed by atoms with Crippen LogP contribution in [0.4, 0.5) is 4.79 Å². The molecule has 1 fully saturated rings. The first kappa shape index (κ1) is 13.8. The molecule has 0 aromatic rings. The lowest BCUT2D eigenvalue weighted by molar-refractivity contribution is -0.127. The SMILES string of the molecule is CC(=O)SCC(=O)NOC(=O)N1CCCCC1. The number of carbonyl (C=O) groups excluding carboxylic acids is 3. The maximum atomic E-state index is 11.5. The molecule has 0 aromatic carbocycles. The molecule has 6 nitrogen and oxygen atoms in total. The van der Waals surface area contributed by atoms with Crippen molar-refractivity contribution in [3.05, 3.63) is 0 Å². The van der Waals surface area contributed by atoms with Gasteiger partial charge < -0.3 is 9.74 Å². The van der Waals surface area contributed by atoms with Gasteiger partial charge in [0.15, 0.2) is 5.12 Å². The van der Waals surface area contributed by atoms with Crippen molar-refractivity contribution in [1.82, 2.24) is 10.4 Å². The molecule has 1 aliphatic rings. The number of hydroxylamine groups is 1. The van der Waals surface area contributed by atoms with E-state index in [2.05, 4.69) is 4.84 Å². The monoisotopic (exact) mass is 260 g/mol. The Balaban J connectivity index is 2.18. The maximum Gasteiger partial charge on any atom is 0.434 e. The molecule has 0 atom stereocenters. The first-order chi connectivity index (χ1) is 8.09. The molecule has 0 spiro atoms. The smallest absolute Gasteiger partial charge is 0.321 e. The Kier molecular flexibility index (Phi) is 5.82. The van der Waals surface area contributed by atoms with Gasteiger partial charge in [0, 0.05) is 20.0 Å². The maximum absolute atomic E-state index is 11.5. The van der Waals surface area contributed by atoms with Gasteiger partial charge in [-0.1, -0.05) is 11.8 Å². The van der Waals surface area contributed by atoms with Crippen LogP contribution in [0.5, 0.6) is 0 Å². The van der Waals surface area contributed by atoms with Crippen LogP contribution in [0.3, 0.4) is 0 Å². The number of nitrogens with zero attached hydrogens (tertiary/aromatic N) is 1. The van der Waals surface area contributed by atoms with Crippen molar-refractivity contribution in [2.75, 3.05) is 18.8 Å². The highest BCUT2D eigenvalue weighted by Crippen LogP contribution is 2.09. The van der Waals surface area contributed by atoms with Gasteiger partial charge in [-0.3, -0.25) is 9.59 Å². The highest BCUT2D eigenvalue weighted by Gasteiger charge is 2.18. The second-order valence-corrected chi connectivity index (χ2v) is 4.87. The Bertz CT molecular complexity index is 303. The molecule has 1 aliphatic heterocycles. The van der Waals surface area contributed by atoms with Crippen molar-refractivity contribution in [2.45, 2.75) is 26.2 Å². The van der Waals surface area contributed by atoms with E-state index in [1.165, 1.54) is 6.92 Å². The van der Waals surface area contributed by atoms with E-state index in [1.807, 2.05) is 5.48 Å². The van der Waals surface area contributed by atoms with E-state index < -0.39 is 12.0 Å². The van der Waals surface area contributed by atoms with Crippen LogP contribution >= 0.6 is 11.8 Å². The van der Waals surface area contributed by atoms with Gasteiger partial charge in [-0.25, -0.2) is 4.79 Å². The number of thioether (sulfide) groups is 1. The third kappa shape index (κ3) is 5.58. The van der Waals surface area contributed by atoms with Gasteiger partial charge in [-0.15, -0.1) is 0 Å². The van der Waals surface area contributed by atoms with Crippen LogP contribution in [0.25, 0.3) is 0 Å². The molecule has 1 rings (SSSR count). The summed E-state index contributed by atoms with van der Waals surface area (Å²) in [6.45, 7) is 2.70. The molecule has 0 unspecified atom stereocenters. The summed E-state index contributed by atoms with van der Waals surface area (Å²) >= 11 is 0.871. The fourth-order valence-corrected chi connectivity index (χ4v) is 1.83. The van der Waals surface area contributed by atoms with Gasteiger partial charge >= 0.3 is 6.09 Å². The number of piperidine rings is 1. The number of nitrogens with one attached hydrogen (secondary N) is 1. The summed E-state index contributed by atoms with van der Waals surface area (Å²) in [5.74, 6) is -0.529. The number of hydrogen-bond donors (Lipinski definition) is 1. The highest BCUT2D eigenvalue weighted by atomic mass is 32.2. The zero-order chi connectivity index (χ0) is 12.7. The molecule has 17 heavy (non-hydrogen) atoms. The van der Waals surface area contributed by atoms with Crippen molar-refractivity contribution in [2.24, 2.45) is 0 Å². The van der Waals surface area contributed by atoms with E-state index in [4.69, 9.17) is 0 Å². The lowest BCUT2D eigenvalue weighted by Gasteiger charge is -2.25. The Morgan fingerprint density at radius 3 is 2.47 bits per heavy atom. The fourth-order valence-electron chi connectivity index (χ4n) is 1.44. The Hall–Kier alpha value is -1.24. The molecule has 96 valence electrons. The first-order valence-corrected chi connectivity index (χ1v) is 6.46. The average Bonchev–Trinajstić information content (AvgIpc) is 2.34. The van der Waals surface area contributed by atoms with Crippen molar-refractivity contribution in [3.8, 4) is 0 Å². The van der Waals surface area contributed by atoms with Gasteiger partial charge in [0.2, 0.25) is 0 Å². The second kappa shape index (κ2) is 7.16. The number of carbonyl (C=O) groups is 3. The molecule has 7 heteroatoms. The van der Waals surface area contributed by atoms with E-state index in [-0.39, 0.29) is 10.9 Å². The van der Waals surface area contributed by atoms with Crippen molar-refractivity contribution in [1.29, 1.82) is 0 Å². The molecule has 0 aromatic heterocycles. The summed E-state index contributed by atoms with van der Waals surface area (Å²) in [6, 6.07) is 0. The van der Waals surface area contributed by atoms with Crippen LogP contribution in [0.2, 0.25) is 0 Å². The molecular weight excluding hydrogens is 244 g/mol. The molecule has 2 amide bonds. The summed E-state index contributed by atoms with van der Waals surface area (Å²) < 4.78 is 0. The minimum atomic E-state index is -0.536. The standard InChI is InChI=1S/C10H16N2O4S/c1-8(13)17-7-9(14)11-16-10(15)12-5-3-2-4-6-12/h2-7H2,1H3,(H,11,14). The zero-order valence-electron chi connectivity index (χ0n) is 9.73. The molecular formula is C10H16N2O4S. The predicted octanol–water partition coefficient (Wildman–Crippen LogP) is 0.920. The Morgan fingerprint density at radius 2 is 1.88 bits per heavy atom. The third-order valence-electron chi connectivity index (χ3n) is 2.27. The van der Waals surface area contributed by atoms with E-state index >= 15 is 0 Å². The number of rotatable bonds is 2. The van der Waals surface area contributed by atoms with Crippen LogP contribution in [0.1, 0.15) is 26.2 Å². The van der Waals surface area contributed by atoms with E-state index in [0.29, 0.717) is 13.1 Å². The fraction of sp³-hybridized carbons (Fsp3) is 0.700. The number of hydrogen-bond acceptors (Lipinski definition) is 5. The van der Waals surface area contributed by atoms with E-state index in [9.17, 15) is 14.4 Å². The molecule has 1 heterocycles.